The molecule has 0 spiro atoms. The van der Waals surface area contributed by atoms with Crippen LogP contribution in [-0.4, -0.2) is 16.1 Å². The van der Waals surface area contributed by atoms with Crippen molar-refractivity contribution >= 4 is 38.9 Å². The molecule has 3 heterocycles. The van der Waals surface area contributed by atoms with Crippen molar-refractivity contribution in [1.29, 1.82) is 0 Å². The van der Waals surface area contributed by atoms with Gasteiger partial charge in [-0.2, -0.15) is 37.0 Å². The molecule has 1 aliphatic rings. The minimum Gasteiger partial charge on any atom is -0.517 e. The Balaban J connectivity index is 0.00000608. The molecule has 2 aromatic heterocycles. The van der Waals surface area contributed by atoms with Crippen LogP contribution in [0.4, 0.5) is 17.1 Å². The molecule has 0 aliphatic carbocycles. The third-order valence-corrected chi connectivity index (χ3v) is 12.6. The van der Waals surface area contributed by atoms with Crippen LogP contribution >= 0.6 is 0 Å². The van der Waals surface area contributed by atoms with Crippen molar-refractivity contribution in [1.82, 2.24) is 9.55 Å². The number of aromatic nitrogens is 2. The SMILES string of the molecule is [2H]C([2H])([2H])c1cc(CC(C)C)cc(-c2cccc(-c3ccccc3)c2)c1CCCN1[CH-]N(c2[c-]c(COc3[c-]c4c(cc3)c3ccccc3n4-c3cc(C(C)(C)C)ccn3)ccc2)c2ccccc21.[Pt]. The van der Waals surface area contributed by atoms with Gasteiger partial charge in [0.05, 0.1) is 6.61 Å². The molecule has 0 unspecified atom stereocenters. The Morgan fingerprint density at radius 3 is 2.31 bits per heavy atom. The molecule has 1 aliphatic heterocycles. The third-order valence-electron chi connectivity index (χ3n) is 12.6. The predicted molar refractivity (Wildman–Crippen MR) is 275 cm³/mol. The Morgan fingerprint density at radius 1 is 0.731 bits per heavy atom. The molecule has 9 aromatic rings. The number of hydrogen-bond acceptors (Lipinski definition) is 4. The molecule has 7 aromatic carbocycles. The number of pyridine rings is 1. The summed E-state index contributed by atoms with van der Waals surface area (Å²) in [7, 11) is 0. The van der Waals surface area contributed by atoms with Crippen LogP contribution in [0, 0.1) is 31.6 Å². The summed E-state index contributed by atoms with van der Waals surface area (Å²) in [6.45, 7) is 11.9. The zero-order valence-electron chi connectivity index (χ0n) is 41.8. The molecule has 0 fully saturated rings. The molecule has 67 heavy (non-hydrogen) atoms. The van der Waals surface area contributed by atoms with Crippen molar-refractivity contribution in [2.24, 2.45) is 5.92 Å². The van der Waals surface area contributed by atoms with Crippen LogP contribution in [0.1, 0.15) is 73.0 Å². The monoisotopic (exact) mass is 1060 g/mol. The average Bonchev–Trinajstić information content (AvgIpc) is 3.89. The number of benzene rings is 7. The minimum atomic E-state index is -2.26. The molecule has 340 valence electrons. The van der Waals surface area contributed by atoms with E-state index in [1.165, 1.54) is 5.56 Å². The number of nitrogens with zero attached hydrogens (tertiary/aromatic N) is 4. The summed E-state index contributed by atoms with van der Waals surface area (Å²) >= 11 is 0. The van der Waals surface area contributed by atoms with Crippen LogP contribution in [-0.2, 0) is 45.9 Å². The summed E-state index contributed by atoms with van der Waals surface area (Å²) in [5.74, 6) is 1.88. The molecule has 0 radical (unpaired) electrons. The Labute approximate surface area is 415 Å². The van der Waals surface area contributed by atoms with Gasteiger partial charge in [0.1, 0.15) is 5.82 Å². The van der Waals surface area contributed by atoms with Crippen molar-refractivity contribution in [2.45, 2.75) is 72.8 Å². The molecular weight excluding hydrogens is 1000 g/mol. The number of rotatable bonds is 13. The van der Waals surface area contributed by atoms with Gasteiger partial charge in [-0.3, -0.25) is 0 Å². The first-order chi connectivity index (χ1) is 33.3. The van der Waals surface area contributed by atoms with E-state index in [2.05, 4.69) is 201 Å². The molecule has 0 saturated carbocycles. The van der Waals surface area contributed by atoms with Gasteiger partial charge in [0.2, 0.25) is 0 Å². The fourth-order valence-electron chi connectivity index (χ4n) is 9.40. The quantitative estimate of drug-likeness (QED) is 0.108. The Hall–Kier alpha value is -6.42. The fourth-order valence-corrected chi connectivity index (χ4v) is 9.40. The number of hydrogen-bond donors (Lipinski definition) is 0. The van der Waals surface area contributed by atoms with Gasteiger partial charge in [-0.1, -0.05) is 131 Å². The van der Waals surface area contributed by atoms with Gasteiger partial charge in [-0.25, -0.2) is 4.98 Å². The molecule has 5 nitrogen and oxygen atoms in total. The predicted octanol–water partition coefficient (Wildman–Crippen LogP) is 15.2. The van der Waals surface area contributed by atoms with E-state index < -0.39 is 6.85 Å². The van der Waals surface area contributed by atoms with E-state index in [1.807, 2.05) is 30.5 Å². The van der Waals surface area contributed by atoms with E-state index in [1.54, 1.807) is 0 Å². The maximum Gasteiger partial charge on any atom is 0.135 e. The average molecular weight is 1060 g/mol. The standard InChI is InChI=1S/C61H57N4O.Pt/c1-42(2)33-45-34-43(3)52(55(36-45)48-21-15-20-47(37-48)46-18-8-7-9-19-46)24-16-32-63-41-64(58-27-13-12-26-57(58)63)50-22-14-17-44(35-50)40-66-51-28-29-54-53-23-10-11-25-56(53)65(59(54)39-51)60-38-49(30-31-62-60)61(4,5)6;/h7-15,17-23,25-31,34,36-38,41-42H,16,24,32-33,40H2,1-6H3;/q-3;/i3D3;. The molecule has 10 rings (SSSR count). The van der Waals surface area contributed by atoms with Gasteiger partial charge < -0.3 is 19.1 Å². The van der Waals surface area contributed by atoms with Crippen molar-refractivity contribution in [3.63, 3.8) is 0 Å². The van der Waals surface area contributed by atoms with Crippen LogP contribution in [0.3, 0.4) is 0 Å². The molecule has 0 bridgehead atoms. The van der Waals surface area contributed by atoms with Crippen molar-refractivity contribution < 1.29 is 29.9 Å². The molecule has 0 saturated heterocycles. The zero-order valence-corrected chi connectivity index (χ0v) is 41.1. The number of aryl methyl sites for hydroxylation is 1. The summed E-state index contributed by atoms with van der Waals surface area (Å²) in [4.78, 5) is 9.29. The largest absolute Gasteiger partial charge is 0.517 e. The molecule has 0 N–H and O–H groups in total. The molecule has 0 amide bonds. The number of fused-ring (bicyclic) bond motifs is 4. The smallest absolute Gasteiger partial charge is 0.135 e. The second kappa shape index (κ2) is 19.4. The fraction of sp³-hybridized carbons (Fsp3) is 0.213. The van der Waals surface area contributed by atoms with Crippen LogP contribution in [0.5, 0.6) is 5.75 Å². The van der Waals surface area contributed by atoms with Gasteiger partial charge in [0.25, 0.3) is 0 Å². The van der Waals surface area contributed by atoms with Crippen LogP contribution in [0.15, 0.2) is 164 Å². The van der Waals surface area contributed by atoms with Crippen LogP contribution in [0.2, 0.25) is 0 Å². The first-order valence-corrected chi connectivity index (χ1v) is 23.2. The molecule has 6 heteroatoms. The van der Waals surface area contributed by atoms with E-state index in [4.69, 9.17) is 13.8 Å². The van der Waals surface area contributed by atoms with E-state index in [0.29, 0.717) is 36.8 Å². The summed E-state index contributed by atoms with van der Waals surface area (Å²) in [6.07, 6.45) is 4.05. The van der Waals surface area contributed by atoms with Gasteiger partial charge in [-0.15, -0.1) is 28.8 Å². The van der Waals surface area contributed by atoms with Crippen LogP contribution < -0.4 is 14.5 Å². The van der Waals surface area contributed by atoms with Crippen LogP contribution in [0.25, 0.3) is 49.9 Å². The zero-order chi connectivity index (χ0) is 47.9. The molecule has 0 atom stereocenters. The summed E-state index contributed by atoms with van der Waals surface area (Å²) < 4.78 is 35.0. The van der Waals surface area contributed by atoms with E-state index in [-0.39, 0.29) is 26.5 Å². The first kappa shape index (κ1) is 42.0. The number of para-hydroxylation sites is 3. The Morgan fingerprint density at radius 2 is 1.49 bits per heavy atom. The Kier molecular flexibility index (Phi) is 12.2. The van der Waals surface area contributed by atoms with E-state index >= 15 is 0 Å². The van der Waals surface area contributed by atoms with E-state index in [0.717, 1.165) is 96.5 Å². The number of ether oxygens (including phenoxy) is 1. The summed E-state index contributed by atoms with van der Waals surface area (Å²) in [5, 5.41) is 2.23. The normalized spacial score (nSPS) is 13.4. The van der Waals surface area contributed by atoms with Gasteiger partial charge in [0.15, 0.2) is 0 Å². The minimum absolute atomic E-state index is 0. The van der Waals surface area contributed by atoms with E-state index in [9.17, 15) is 0 Å². The third kappa shape index (κ3) is 9.58. The maximum absolute atomic E-state index is 8.76. The van der Waals surface area contributed by atoms with Crippen molar-refractivity contribution in [3.05, 3.63) is 211 Å². The number of anilines is 3. The summed E-state index contributed by atoms with van der Waals surface area (Å²) in [5.41, 5.74) is 13.8. The van der Waals surface area contributed by atoms with Gasteiger partial charge in [-0.05, 0) is 130 Å². The van der Waals surface area contributed by atoms with Crippen molar-refractivity contribution in [3.8, 4) is 33.8 Å². The van der Waals surface area contributed by atoms with Gasteiger partial charge >= 0.3 is 0 Å². The van der Waals surface area contributed by atoms with Gasteiger partial charge in [0, 0.05) is 54.0 Å². The van der Waals surface area contributed by atoms with Crippen molar-refractivity contribution in [2.75, 3.05) is 16.3 Å². The second-order valence-electron chi connectivity index (χ2n) is 18.9. The topological polar surface area (TPSA) is 33.5 Å². The maximum atomic E-state index is 8.76. The second-order valence-corrected chi connectivity index (χ2v) is 18.9. The summed E-state index contributed by atoms with van der Waals surface area (Å²) in [6, 6.07) is 61.7. The molecular formula is C61H57N4OPt-3. The first-order valence-electron chi connectivity index (χ1n) is 24.7. The Bertz CT molecular complexity index is 3300.